The van der Waals surface area contributed by atoms with Crippen molar-refractivity contribution in [2.75, 3.05) is 0 Å². The standard InChI is InChI=1S/C17H18Br2/c18-16-11-9-14(10-12-16)5-2-1-3-6-15-7-4-8-17(19)13-15/h4,7-13H,1-3,5-6H2. The summed E-state index contributed by atoms with van der Waals surface area (Å²) < 4.78 is 2.34. The third-order valence-corrected chi connectivity index (χ3v) is 4.26. The summed E-state index contributed by atoms with van der Waals surface area (Å²) in [7, 11) is 0. The van der Waals surface area contributed by atoms with E-state index >= 15 is 0 Å². The molecular weight excluding hydrogens is 364 g/mol. The largest absolute Gasteiger partial charge is 0.0609 e. The third-order valence-electron chi connectivity index (χ3n) is 3.23. The fraction of sp³-hybridized carbons (Fsp3) is 0.294. The molecule has 0 nitrogen and oxygen atoms in total. The first-order chi connectivity index (χ1) is 9.24. The summed E-state index contributed by atoms with van der Waals surface area (Å²) >= 11 is 6.98. The van der Waals surface area contributed by atoms with Gasteiger partial charge in [-0.05, 0) is 61.1 Å². The molecule has 0 atom stereocenters. The molecule has 0 aliphatic carbocycles. The van der Waals surface area contributed by atoms with Crippen molar-refractivity contribution in [3.63, 3.8) is 0 Å². The molecule has 100 valence electrons. The highest BCUT2D eigenvalue weighted by Gasteiger charge is 1.97. The summed E-state index contributed by atoms with van der Waals surface area (Å²) in [6, 6.07) is 17.3. The second-order valence-corrected chi connectivity index (χ2v) is 6.65. The van der Waals surface area contributed by atoms with Crippen LogP contribution < -0.4 is 0 Å². The third kappa shape index (κ3) is 5.50. The Kier molecular flexibility index (Phi) is 6.12. The van der Waals surface area contributed by atoms with E-state index in [1.807, 2.05) is 0 Å². The molecule has 0 fully saturated rings. The smallest absolute Gasteiger partial charge is 0.0177 e. The lowest BCUT2D eigenvalue weighted by atomic mass is 10.0. The van der Waals surface area contributed by atoms with E-state index in [0.29, 0.717) is 0 Å². The van der Waals surface area contributed by atoms with Crippen LogP contribution >= 0.6 is 31.9 Å². The van der Waals surface area contributed by atoms with Crippen molar-refractivity contribution >= 4 is 31.9 Å². The zero-order valence-electron chi connectivity index (χ0n) is 10.9. The Morgan fingerprint density at radius 2 is 1.32 bits per heavy atom. The molecule has 2 rings (SSSR count). The van der Waals surface area contributed by atoms with Crippen LogP contribution in [0.3, 0.4) is 0 Å². The van der Waals surface area contributed by atoms with Crippen molar-refractivity contribution in [3.05, 3.63) is 68.6 Å². The van der Waals surface area contributed by atoms with E-state index in [0.717, 1.165) is 4.47 Å². The summed E-state index contributed by atoms with van der Waals surface area (Å²) in [6.45, 7) is 0. The van der Waals surface area contributed by atoms with E-state index < -0.39 is 0 Å². The number of hydrogen-bond donors (Lipinski definition) is 0. The average molecular weight is 382 g/mol. The minimum Gasteiger partial charge on any atom is -0.0609 e. The van der Waals surface area contributed by atoms with Crippen LogP contribution in [0.15, 0.2) is 57.5 Å². The highest BCUT2D eigenvalue weighted by molar-refractivity contribution is 9.10. The van der Waals surface area contributed by atoms with Gasteiger partial charge >= 0.3 is 0 Å². The van der Waals surface area contributed by atoms with Gasteiger partial charge < -0.3 is 0 Å². The number of halogens is 2. The topological polar surface area (TPSA) is 0 Å². The van der Waals surface area contributed by atoms with E-state index in [4.69, 9.17) is 0 Å². The second kappa shape index (κ2) is 7.86. The van der Waals surface area contributed by atoms with Crippen molar-refractivity contribution < 1.29 is 0 Å². The summed E-state index contributed by atoms with van der Waals surface area (Å²) in [5.41, 5.74) is 2.86. The molecule has 0 aliphatic heterocycles. The molecule has 0 aromatic heterocycles. The second-order valence-electron chi connectivity index (χ2n) is 4.82. The number of rotatable bonds is 6. The monoisotopic (exact) mass is 380 g/mol. The quantitative estimate of drug-likeness (QED) is 0.525. The maximum atomic E-state index is 3.52. The SMILES string of the molecule is Brc1ccc(CCCCCc2cccc(Br)c2)cc1. The lowest BCUT2D eigenvalue weighted by molar-refractivity contribution is 0.678. The molecule has 0 unspecified atom stereocenters. The molecule has 0 heterocycles. The van der Waals surface area contributed by atoms with E-state index in [1.165, 1.54) is 47.7 Å². The van der Waals surface area contributed by atoms with Gasteiger partial charge in [0.05, 0.1) is 0 Å². The van der Waals surface area contributed by atoms with Crippen LogP contribution in [0.4, 0.5) is 0 Å². The van der Waals surface area contributed by atoms with Crippen molar-refractivity contribution in [1.82, 2.24) is 0 Å². The number of aryl methyl sites for hydroxylation is 2. The van der Waals surface area contributed by atoms with E-state index in [1.54, 1.807) is 0 Å². The van der Waals surface area contributed by atoms with E-state index in [2.05, 4.69) is 80.4 Å². The summed E-state index contributed by atoms with van der Waals surface area (Å²) in [6.07, 6.45) is 6.21. The summed E-state index contributed by atoms with van der Waals surface area (Å²) in [4.78, 5) is 0. The van der Waals surface area contributed by atoms with Crippen molar-refractivity contribution in [2.24, 2.45) is 0 Å². The van der Waals surface area contributed by atoms with Gasteiger partial charge in [-0.25, -0.2) is 0 Å². The molecule has 0 aliphatic rings. The molecule has 0 radical (unpaired) electrons. The number of unbranched alkanes of at least 4 members (excludes halogenated alkanes) is 2. The molecule has 2 aromatic rings. The normalized spacial score (nSPS) is 10.6. The molecule has 0 saturated heterocycles. The Morgan fingerprint density at radius 3 is 2.00 bits per heavy atom. The van der Waals surface area contributed by atoms with Crippen LogP contribution in [-0.4, -0.2) is 0 Å². The van der Waals surface area contributed by atoms with Crippen molar-refractivity contribution in [2.45, 2.75) is 32.1 Å². The molecule has 0 spiro atoms. The molecule has 0 bridgehead atoms. The average Bonchev–Trinajstić information content (AvgIpc) is 2.41. The van der Waals surface area contributed by atoms with Crippen LogP contribution in [0.1, 0.15) is 30.4 Å². The van der Waals surface area contributed by atoms with Gasteiger partial charge in [0, 0.05) is 8.95 Å². The molecule has 0 N–H and O–H groups in total. The fourth-order valence-corrected chi connectivity index (χ4v) is 2.89. The van der Waals surface area contributed by atoms with Crippen LogP contribution in [0, 0.1) is 0 Å². The Labute approximate surface area is 132 Å². The summed E-state index contributed by atoms with van der Waals surface area (Å²) in [5.74, 6) is 0. The van der Waals surface area contributed by atoms with Gasteiger partial charge in [0.1, 0.15) is 0 Å². The molecule has 0 amide bonds. The van der Waals surface area contributed by atoms with Crippen molar-refractivity contribution in [1.29, 1.82) is 0 Å². The van der Waals surface area contributed by atoms with Gasteiger partial charge in [-0.15, -0.1) is 0 Å². The van der Waals surface area contributed by atoms with Gasteiger partial charge in [0.15, 0.2) is 0 Å². The predicted octanol–water partition coefficient (Wildman–Crippen LogP) is 6.17. The number of benzene rings is 2. The Hall–Kier alpha value is -0.600. The van der Waals surface area contributed by atoms with E-state index in [9.17, 15) is 0 Å². The minimum absolute atomic E-state index is 1.16. The Balaban J connectivity index is 1.66. The molecule has 2 heteroatoms. The van der Waals surface area contributed by atoms with Crippen LogP contribution in [-0.2, 0) is 12.8 Å². The highest BCUT2D eigenvalue weighted by atomic mass is 79.9. The van der Waals surface area contributed by atoms with Crippen molar-refractivity contribution in [3.8, 4) is 0 Å². The zero-order valence-corrected chi connectivity index (χ0v) is 14.1. The molecular formula is C17H18Br2. The highest BCUT2D eigenvalue weighted by Crippen LogP contribution is 2.16. The van der Waals surface area contributed by atoms with Gasteiger partial charge in [-0.1, -0.05) is 62.5 Å². The van der Waals surface area contributed by atoms with Crippen LogP contribution in [0.2, 0.25) is 0 Å². The first-order valence-corrected chi connectivity index (χ1v) is 8.31. The molecule has 19 heavy (non-hydrogen) atoms. The maximum absolute atomic E-state index is 3.52. The Bertz CT molecular complexity index is 503. The van der Waals surface area contributed by atoms with Gasteiger partial charge in [-0.3, -0.25) is 0 Å². The first kappa shape index (κ1) is 14.8. The first-order valence-electron chi connectivity index (χ1n) is 6.73. The Morgan fingerprint density at radius 1 is 0.632 bits per heavy atom. The predicted molar refractivity (Wildman–Crippen MR) is 89.5 cm³/mol. The van der Waals surface area contributed by atoms with Crippen LogP contribution in [0.25, 0.3) is 0 Å². The molecule has 2 aromatic carbocycles. The number of hydrogen-bond acceptors (Lipinski definition) is 0. The van der Waals surface area contributed by atoms with E-state index in [-0.39, 0.29) is 0 Å². The zero-order chi connectivity index (χ0) is 13.5. The minimum atomic E-state index is 1.16. The maximum Gasteiger partial charge on any atom is 0.0177 e. The lowest BCUT2D eigenvalue weighted by Gasteiger charge is -2.03. The lowest BCUT2D eigenvalue weighted by Crippen LogP contribution is -1.89. The fourth-order valence-electron chi connectivity index (χ4n) is 2.18. The van der Waals surface area contributed by atoms with Gasteiger partial charge in [-0.2, -0.15) is 0 Å². The van der Waals surface area contributed by atoms with Gasteiger partial charge in [0.2, 0.25) is 0 Å². The summed E-state index contributed by atoms with van der Waals surface area (Å²) in [5, 5.41) is 0. The van der Waals surface area contributed by atoms with Crippen LogP contribution in [0.5, 0.6) is 0 Å². The van der Waals surface area contributed by atoms with Gasteiger partial charge in [0.25, 0.3) is 0 Å². The molecule has 0 saturated carbocycles.